The van der Waals surface area contributed by atoms with E-state index in [9.17, 15) is 0 Å². The summed E-state index contributed by atoms with van der Waals surface area (Å²) in [5, 5.41) is 11.1. The van der Waals surface area contributed by atoms with Crippen molar-refractivity contribution in [2.45, 2.75) is 5.22 Å². The normalized spacial score (nSPS) is 10.8. The van der Waals surface area contributed by atoms with E-state index in [1.54, 1.807) is 20.3 Å². The van der Waals surface area contributed by atoms with Crippen molar-refractivity contribution in [2.75, 3.05) is 26.6 Å². The summed E-state index contributed by atoms with van der Waals surface area (Å²) in [6, 6.07) is 19.7. The monoisotopic (exact) mass is 408 g/mol. The van der Waals surface area contributed by atoms with Crippen LogP contribution in [0.25, 0.3) is 22.2 Å². The lowest BCUT2D eigenvalue weighted by atomic mass is 10.1. The molecule has 7 heteroatoms. The molecule has 0 fully saturated rings. The van der Waals surface area contributed by atoms with Crippen LogP contribution in [-0.2, 0) is 0 Å². The van der Waals surface area contributed by atoms with Crippen molar-refractivity contribution in [1.82, 2.24) is 10.2 Å². The summed E-state index contributed by atoms with van der Waals surface area (Å²) in [5.74, 6) is 3.28. The number of benzene rings is 3. The van der Waals surface area contributed by atoms with E-state index >= 15 is 0 Å². The van der Waals surface area contributed by atoms with E-state index in [4.69, 9.17) is 18.6 Å². The van der Waals surface area contributed by atoms with Gasteiger partial charge < -0.3 is 18.6 Å². The molecule has 3 aromatic carbocycles. The second kappa shape index (κ2) is 8.87. The quantitative estimate of drug-likeness (QED) is 0.297. The molecule has 0 aliphatic carbocycles. The average Bonchev–Trinajstić information content (AvgIpc) is 3.25. The number of methoxy groups -OCH3 is 2. The highest BCUT2D eigenvalue weighted by molar-refractivity contribution is 7.99. The average molecular weight is 408 g/mol. The number of nitrogens with zero attached hydrogens (tertiary/aromatic N) is 2. The number of hydrogen-bond acceptors (Lipinski definition) is 7. The summed E-state index contributed by atoms with van der Waals surface area (Å²) < 4.78 is 22.2. The van der Waals surface area contributed by atoms with Crippen LogP contribution in [0, 0.1) is 0 Å². The number of ether oxygens (including phenoxy) is 3. The molecule has 6 nitrogen and oxygen atoms in total. The smallest absolute Gasteiger partial charge is 0.276 e. The van der Waals surface area contributed by atoms with Gasteiger partial charge in [-0.05, 0) is 35.0 Å². The number of rotatable bonds is 8. The van der Waals surface area contributed by atoms with Gasteiger partial charge >= 0.3 is 0 Å². The summed E-state index contributed by atoms with van der Waals surface area (Å²) >= 11 is 1.45. The lowest BCUT2D eigenvalue weighted by Gasteiger charge is -2.06. The first-order chi connectivity index (χ1) is 14.2. The van der Waals surface area contributed by atoms with Crippen LogP contribution in [0.5, 0.6) is 17.2 Å². The molecule has 1 heterocycles. The molecule has 0 N–H and O–H groups in total. The van der Waals surface area contributed by atoms with Crippen molar-refractivity contribution in [2.24, 2.45) is 0 Å². The van der Waals surface area contributed by atoms with E-state index in [0.717, 1.165) is 16.7 Å². The SMILES string of the molecule is COc1cc(OC)cc(-c2nnc(SCCOc3ccc4ccccc4c3)o2)c1. The van der Waals surface area contributed by atoms with Crippen molar-refractivity contribution in [3.8, 4) is 28.7 Å². The Morgan fingerprint density at radius 3 is 2.34 bits per heavy atom. The lowest BCUT2D eigenvalue weighted by Crippen LogP contribution is -1.99. The fourth-order valence-corrected chi connectivity index (χ4v) is 3.44. The molecular formula is C22H20N2O4S. The molecule has 0 radical (unpaired) electrons. The molecule has 0 amide bonds. The first-order valence-corrected chi connectivity index (χ1v) is 10.0. The predicted octanol–water partition coefficient (Wildman–Crippen LogP) is 5.08. The van der Waals surface area contributed by atoms with Crippen molar-refractivity contribution in [3.63, 3.8) is 0 Å². The second-order valence-electron chi connectivity index (χ2n) is 6.18. The van der Waals surface area contributed by atoms with E-state index in [-0.39, 0.29) is 0 Å². The molecule has 1 aromatic heterocycles. The van der Waals surface area contributed by atoms with Gasteiger partial charge in [-0.3, -0.25) is 0 Å². The van der Waals surface area contributed by atoms with Crippen LogP contribution in [0.4, 0.5) is 0 Å². The van der Waals surface area contributed by atoms with Crippen LogP contribution in [0.3, 0.4) is 0 Å². The van der Waals surface area contributed by atoms with Crippen LogP contribution in [-0.4, -0.2) is 36.8 Å². The largest absolute Gasteiger partial charge is 0.497 e. The third-order valence-electron chi connectivity index (χ3n) is 4.30. The Morgan fingerprint density at radius 2 is 1.59 bits per heavy atom. The highest BCUT2D eigenvalue weighted by atomic mass is 32.2. The van der Waals surface area contributed by atoms with Gasteiger partial charge in [0.05, 0.1) is 20.8 Å². The number of thioether (sulfide) groups is 1. The molecule has 29 heavy (non-hydrogen) atoms. The van der Waals surface area contributed by atoms with Crippen molar-refractivity contribution < 1.29 is 18.6 Å². The van der Waals surface area contributed by atoms with Crippen molar-refractivity contribution >= 4 is 22.5 Å². The van der Waals surface area contributed by atoms with Crippen LogP contribution in [0.15, 0.2) is 70.3 Å². The van der Waals surface area contributed by atoms with Gasteiger partial charge in [-0.25, -0.2) is 0 Å². The van der Waals surface area contributed by atoms with E-state index in [1.165, 1.54) is 17.1 Å². The zero-order chi connectivity index (χ0) is 20.1. The van der Waals surface area contributed by atoms with E-state index in [2.05, 4.69) is 28.4 Å². The topological polar surface area (TPSA) is 66.6 Å². The zero-order valence-electron chi connectivity index (χ0n) is 16.1. The Morgan fingerprint density at radius 1 is 0.828 bits per heavy atom. The van der Waals surface area contributed by atoms with Gasteiger partial charge in [0.25, 0.3) is 5.22 Å². The minimum Gasteiger partial charge on any atom is -0.497 e. The Bertz CT molecular complexity index is 1090. The molecule has 0 saturated carbocycles. The minimum absolute atomic E-state index is 0.417. The van der Waals surface area contributed by atoms with Gasteiger partial charge in [0, 0.05) is 17.4 Å². The molecule has 4 aromatic rings. The maximum Gasteiger partial charge on any atom is 0.276 e. The Hall–Kier alpha value is -3.19. The molecule has 0 aliphatic heterocycles. The molecule has 0 bridgehead atoms. The van der Waals surface area contributed by atoms with Crippen molar-refractivity contribution in [1.29, 1.82) is 0 Å². The van der Waals surface area contributed by atoms with Gasteiger partial charge in [0.15, 0.2) is 0 Å². The van der Waals surface area contributed by atoms with Crippen LogP contribution in [0.2, 0.25) is 0 Å². The van der Waals surface area contributed by atoms with E-state index < -0.39 is 0 Å². The molecule has 0 aliphatic rings. The second-order valence-corrected chi connectivity index (χ2v) is 7.23. The molecule has 0 spiro atoms. The molecule has 4 rings (SSSR count). The Balaban J connectivity index is 1.34. The van der Waals surface area contributed by atoms with Gasteiger partial charge in [-0.2, -0.15) is 0 Å². The van der Waals surface area contributed by atoms with E-state index in [0.29, 0.717) is 35.0 Å². The molecule has 0 atom stereocenters. The Labute approximate surface area is 172 Å². The van der Waals surface area contributed by atoms with Gasteiger partial charge in [-0.1, -0.05) is 42.1 Å². The highest BCUT2D eigenvalue weighted by Crippen LogP contribution is 2.30. The molecule has 0 unspecified atom stereocenters. The lowest BCUT2D eigenvalue weighted by molar-refractivity contribution is 0.343. The molecular weight excluding hydrogens is 388 g/mol. The first-order valence-electron chi connectivity index (χ1n) is 9.06. The van der Waals surface area contributed by atoms with Gasteiger partial charge in [-0.15, -0.1) is 10.2 Å². The maximum atomic E-state index is 5.84. The van der Waals surface area contributed by atoms with Crippen LogP contribution < -0.4 is 14.2 Å². The fourth-order valence-electron chi connectivity index (χ4n) is 2.86. The summed E-state index contributed by atoms with van der Waals surface area (Å²) in [6.45, 7) is 0.535. The van der Waals surface area contributed by atoms with Crippen LogP contribution in [0.1, 0.15) is 0 Å². The molecule has 0 saturated heterocycles. The first kappa shape index (κ1) is 19.1. The fraction of sp³-hybridized carbons (Fsp3) is 0.182. The number of aromatic nitrogens is 2. The maximum absolute atomic E-state index is 5.84. The predicted molar refractivity (Wildman–Crippen MR) is 113 cm³/mol. The highest BCUT2D eigenvalue weighted by Gasteiger charge is 2.12. The summed E-state index contributed by atoms with van der Waals surface area (Å²) in [7, 11) is 3.20. The summed E-state index contributed by atoms with van der Waals surface area (Å²) in [6.07, 6.45) is 0. The standard InChI is InChI=1S/C22H20N2O4S/c1-25-19-12-17(13-20(14-19)26-2)21-23-24-22(28-21)29-10-9-27-18-8-7-15-5-3-4-6-16(15)11-18/h3-8,11-14H,9-10H2,1-2H3. The summed E-state index contributed by atoms with van der Waals surface area (Å²) in [5.41, 5.74) is 0.743. The van der Waals surface area contributed by atoms with Crippen molar-refractivity contribution in [3.05, 3.63) is 60.7 Å². The Kier molecular flexibility index (Phi) is 5.86. The zero-order valence-corrected chi connectivity index (χ0v) is 16.9. The minimum atomic E-state index is 0.417. The van der Waals surface area contributed by atoms with Crippen LogP contribution >= 0.6 is 11.8 Å². The van der Waals surface area contributed by atoms with E-state index in [1.807, 2.05) is 36.4 Å². The third-order valence-corrected chi connectivity index (χ3v) is 5.09. The number of fused-ring (bicyclic) bond motifs is 1. The van der Waals surface area contributed by atoms with Gasteiger partial charge in [0.2, 0.25) is 5.89 Å². The number of hydrogen-bond donors (Lipinski definition) is 0. The molecule has 148 valence electrons. The van der Waals surface area contributed by atoms with Gasteiger partial charge in [0.1, 0.15) is 17.2 Å². The summed E-state index contributed by atoms with van der Waals surface area (Å²) in [4.78, 5) is 0. The third kappa shape index (κ3) is 4.63.